The van der Waals surface area contributed by atoms with Crippen LogP contribution >= 0.6 is 0 Å². The van der Waals surface area contributed by atoms with Crippen LogP contribution in [0.15, 0.2) is 23.1 Å². The van der Waals surface area contributed by atoms with Crippen molar-refractivity contribution in [1.82, 2.24) is 4.72 Å². The van der Waals surface area contributed by atoms with Crippen molar-refractivity contribution in [1.29, 1.82) is 0 Å². The first-order chi connectivity index (χ1) is 8.27. The van der Waals surface area contributed by atoms with E-state index in [2.05, 4.69) is 4.72 Å². The number of aryl methyl sites for hydroxylation is 1. The molecule has 0 aromatic heterocycles. The number of carbonyl (C=O) groups is 1. The lowest BCUT2D eigenvalue weighted by Crippen LogP contribution is -2.32. The Hall–Kier alpha value is -1.40. The second kappa shape index (κ2) is 5.49. The minimum absolute atomic E-state index is 0.00188. The second-order valence-electron chi connectivity index (χ2n) is 4.21. The van der Waals surface area contributed by atoms with Crippen LogP contribution in [0.25, 0.3) is 0 Å². The largest absolute Gasteiger partial charge is 0.478 e. The number of nitrogens with one attached hydrogen (secondary N) is 1. The lowest BCUT2D eigenvalue weighted by atomic mass is 10.1. The summed E-state index contributed by atoms with van der Waals surface area (Å²) in [6, 6.07) is 3.90. The van der Waals surface area contributed by atoms with Gasteiger partial charge in [0.05, 0.1) is 10.5 Å². The molecule has 18 heavy (non-hydrogen) atoms. The molecule has 1 rings (SSSR count). The third-order valence-electron chi connectivity index (χ3n) is 2.72. The van der Waals surface area contributed by atoms with Gasteiger partial charge in [-0.2, -0.15) is 0 Å². The molecule has 0 aliphatic rings. The Bertz CT molecular complexity index is 551. The van der Waals surface area contributed by atoms with Crippen LogP contribution in [0.4, 0.5) is 0 Å². The topological polar surface area (TPSA) is 83.5 Å². The van der Waals surface area contributed by atoms with Gasteiger partial charge in [0.2, 0.25) is 10.0 Å². The van der Waals surface area contributed by atoms with Crippen LogP contribution in [-0.4, -0.2) is 25.5 Å². The SMILES string of the molecule is CCC(C)NS(=O)(=O)c1ccc(C)c(C(=O)O)c1. The zero-order valence-electron chi connectivity index (χ0n) is 10.6. The third-order valence-corrected chi connectivity index (χ3v) is 4.31. The van der Waals surface area contributed by atoms with Gasteiger partial charge in [-0.1, -0.05) is 13.0 Å². The highest BCUT2D eigenvalue weighted by molar-refractivity contribution is 7.89. The highest BCUT2D eigenvalue weighted by Gasteiger charge is 2.19. The Labute approximate surface area is 107 Å². The average molecular weight is 271 g/mol. The summed E-state index contributed by atoms with van der Waals surface area (Å²) < 4.78 is 26.5. The van der Waals surface area contributed by atoms with Crippen LogP contribution in [0.2, 0.25) is 0 Å². The fraction of sp³-hybridized carbons (Fsp3) is 0.417. The summed E-state index contributed by atoms with van der Waals surface area (Å²) in [6.07, 6.45) is 0.664. The first kappa shape index (κ1) is 14.7. The number of rotatable bonds is 5. The molecule has 1 aromatic carbocycles. The zero-order valence-corrected chi connectivity index (χ0v) is 11.4. The monoisotopic (exact) mass is 271 g/mol. The number of sulfonamides is 1. The van der Waals surface area contributed by atoms with Gasteiger partial charge in [0.15, 0.2) is 0 Å². The molecule has 1 unspecified atom stereocenters. The second-order valence-corrected chi connectivity index (χ2v) is 5.93. The van der Waals surface area contributed by atoms with Gasteiger partial charge < -0.3 is 5.11 Å². The minimum Gasteiger partial charge on any atom is -0.478 e. The predicted molar refractivity (Wildman–Crippen MR) is 68.2 cm³/mol. The van der Waals surface area contributed by atoms with Gasteiger partial charge in [0.25, 0.3) is 0 Å². The molecule has 0 aliphatic carbocycles. The standard InChI is InChI=1S/C12H17NO4S/c1-4-9(3)13-18(16,17)10-6-5-8(2)11(7-10)12(14)15/h5-7,9,13H,4H2,1-3H3,(H,14,15). The van der Waals surface area contributed by atoms with Crippen molar-refractivity contribution in [2.24, 2.45) is 0 Å². The van der Waals surface area contributed by atoms with Crippen molar-refractivity contribution in [3.05, 3.63) is 29.3 Å². The molecular formula is C12H17NO4S. The highest BCUT2D eigenvalue weighted by atomic mass is 32.2. The van der Waals surface area contributed by atoms with E-state index in [4.69, 9.17) is 5.11 Å². The van der Waals surface area contributed by atoms with E-state index in [-0.39, 0.29) is 16.5 Å². The summed E-state index contributed by atoms with van der Waals surface area (Å²) in [5.41, 5.74) is 0.534. The van der Waals surface area contributed by atoms with E-state index in [0.717, 1.165) is 0 Å². The third kappa shape index (κ3) is 3.30. The predicted octanol–water partition coefficient (Wildman–Crippen LogP) is 1.77. The fourth-order valence-electron chi connectivity index (χ4n) is 1.41. The van der Waals surface area contributed by atoms with Crippen LogP contribution < -0.4 is 4.72 Å². The van der Waals surface area contributed by atoms with Gasteiger partial charge in [-0.25, -0.2) is 17.9 Å². The van der Waals surface area contributed by atoms with Gasteiger partial charge in [-0.05, 0) is 38.0 Å². The lowest BCUT2D eigenvalue weighted by molar-refractivity contribution is 0.0696. The number of hydrogen-bond acceptors (Lipinski definition) is 3. The zero-order chi connectivity index (χ0) is 13.9. The molecule has 0 saturated heterocycles. The van der Waals surface area contributed by atoms with E-state index < -0.39 is 16.0 Å². The first-order valence-corrected chi connectivity index (χ1v) is 7.12. The van der Waals surface area contributed by atoms with E-state index in [1.165, 1.54) is 18.2 Å². The van der Waals surface area contributed by atoms with Crippen LogP contribution in [0.1, 0.15) is 36.2 Å². The van der Waals surface area contributed by atoms with Crippen LogP contribution in [0, 0.1) is 6.92 Å². The number of aromatic carboxylic acids is 1. The molecular weight excluding hydrogens is 254 g/mol. The number of carboxylic acids is 1. The summed E-state index contributed by atoms with van der Waals surface area (Å²) in [6.45, 7) is 5.25. The molecule has 0 saturated carbocycles. The molecule has 5 nitrogen and oxygen atoms in total. The Kier molecular flexibility index (Phi) is 4.48. The quantitative estimate of drug-likeness (QED) is 0.855. The van der Waals surface area contributed by atoms with Gasteiger partial charge in [0, 0.05) is 6.04 Å². The first-order valence-electron chi connectivity index (χ1n) is 5.64. The molecule has 0 amide bonds. The molecule has 1 atom stereocenters. The van der Waals surface area contributed by atoms with Crippen molar-refractivity contribution in [2.45, 2.75) is 38.1 Å². The average Bonchev–Trinajstić information content (AvgIpc) is 2.28. The Morgan fingerprint density at radius 1 is 1.44 bits per heavy atom. The van der Waals surface area contributed by atoms with Gasteiger partial charge in [0.1, 0.15) is 0 Å². The summed E-state index contributed by atoms with van der Waals surface area (Å²) in [4.78, 5) is 10.9. The summed E-state index contributed by atoms with van der Waals surface area (Å²) >= 11 is 0. The van der Waals surface area contributed by atoms with Crippen molar-refractivity contribution >= 4 is 16.0 Å². The van der Waals surface area contributed by atoms with Gasteiger partial charge in [-0.3, -0.25) is 0 Å². The number of hydrogen-bond donors (Lipinski definition) is 2. The Morgan fingerprint density at radius 3 is 2.56 bits per heavy atom. The Morgan fingerprint density at radius 2 is 2.06 bits per heavy atom. The van der Waals surface area contributed by atoms with E-state index in [1.807, 2.05) is 6.92 Å². The van der Waals surface area contributed by atoms with Gasteiger partial charge in [-0.15, -0.1) is 0 Å². The van der Waals surface area contributed by atoms with Crippen LogP contribution in [-0.2, 0) is 10.0 Å². The van der Waals surface area contributed by atoms with Crippen molar-refractivity contribution in [3.63, 3.8) is 0 Å². The molecule has 0 heterocycles. The minimum atomic E-state index is -3.66. The van der Waals surface area contributed by atoms with Crippen LogP contribution in [0.3, 0.4) is 0 Å². The number of carboxylic acid groups (broad SMARTS) is 1. The number of benzene rings is 1. The molecule has 0 fully saturated rings. The van der Waals surface area contributed by atoms with Crippen molar-refractivity contribution in [2.75, 3.05) is 0 Å². The molecule has 0 bridgehead atoms. The molecule has 0 radical (unpaired) electrons. The van der Waals surface area contributed by atoms with Crippen molar-refractivity contribution < 1.29 is 18.3 Å². The Balaban J connectivity index is 3.18. The van der Waals surface area contributed by atoms with Crippen LogP contribution in [0.5, 0.6) is 0 Å². The van der Waals surface area contributed by atoms with Crippen molar-refractivity contribution in [3.8, 4) is 0 Å². The lowest BCUT2D eigenvalue weighted by Gasteiger charge is -2.13. The maximum Gasteiger partial charge on any atom is 0.335 e. The molecule has 0 aliphatic heterocycles. The van der Waals surface area contributed by atoms with E-state index in [1.54, 1.807) is 13.8 Å². The smallest absolute Gasteiger partial charge is 0.335 e. The van der Waals surface area contributed by atoms with Gasteiger partial charge >= 0.3 is 5.97 Å². The normalized spacial score (nSPS) is 13.3. The molecule has 0 spiro atoms. The molecule has 6 heteroatoms. The molecule has 2 N–H and O–H groups in total. The maximum atomic E-state index is 12.0. The summed E-state index contributed by atoms with van der Waals surface area (Å²) in [5, 5.41) is 8.97. The summed E-state index contributed by atoms with van der Waals surface area (Å²) in [5.74, 6) is -1.13. The summed E-state index contributed by atoms with van der Waals surface area (Å²) in [7, 11) is -3.66. The molecule has 100 valence electrons. The maximum absolute atomic E-state index is 12.0. The van der Waals surface area contributed by atoms with E-state index in [9.17, 15) is 13.2 Å². The highest BCUT2D eigenvalue weighted by Crippen LogP contribution is 2.16. The molecule has 1 aromatic rings. The van der Waals surface area contributed by atoms with E-state index >= 15 is 0 Å². The van der Waals surface area contributed by atoms with E-state index in [0.29, 0.717) is 12.0 Å². The fourth-order valence-corrected chi connectivity index (χ4v) is 2.77.